The molecule has 1 N–H and O–H groups in total. The third kappa shape index (κ3) is 4.21. The van der Waals surface area contributed by atoms with E-state index in [1.807, 2.05) is 12.1 Å². The van der Waals surface area contributed by atoms with Gasteiger partial charge in [0.05, 0.1) is 25.8 Å². The first-order valence-electron chi connectivity index (χ1n) is 10.2. The standard InChI is InChI=1S/C23H29N3O2/c1-18(23(20-8-3-2-4-9-20)25-13-15-28-16-14-25)24-22(27)17-26-12-11-19-7-5-6-10-21(19)26/h2-10,18,23H,11-17H2,1H3,(H,24,27)/t18-,23+/m0/s1. The molecule has 2 aromatic rings. The molecule has 2 aliphatic heterocycles. The van der Waals surface area contributed by atoms with Crippen molar-refractivity contribution in [2.75, 3.05) is 44.3 Å². The van der Waals surface area contributed by atoms with Crippen LogP contribution in [-0.4, -0.2) is 56.2 Å². The van der Waals surface area contributed by atoms with Crippen LogP contribution in [0.5, 0.6) is 0 Å². The van der Waals surface area contributed by atoms with Crippen molar-refractivity contribution in [3.05, 3.63) is 65.7 Å². The van der Waals surface area contributed by atoms with Crippen LogP contribution >= 0.6 is 0 Å². The first-order chi connectivity index (χ1) is 13.7. The molecule has 2 aromatic carbocycles. The third-order valence-electron chi connectivity index (χ3n) is 5.76. The Labute approximate surface area is 167 Å². The molecule has 1 amide bonds. The fourth-order valence-corrected chi connectivity index (χ4v) is 4.44. The number of ether oxygens (including phenoxy) is 1. The fourth-order valence-electron chi connectivity index (χ4n) is 4.44. The molecule has 28 heavy (non-hydrogen) atoms. The largest absolute Gasteiger partial charge is 0.379 e. The number of hydrogen-bond donors (Lipinski definition) is 1. The van der Waals surface area contributed by atoms with E-state index in [0.717, 1.165) is 39.3 Å². The molecule has 0 bridgehead atoms. The first kappa shape index (κ1) is 19.0. The molecule has 2 heterocycles. The SMILES string of the molecule is C[C@H](NC(=O)CN1CCc2ccccc21)[C@H](c1ccccc1)N1CCOCC1. The molecule has 2 aliphatic rings. The molecular weight excluding hydrogens is 350 g/mol. The minimum atomic E-state index is 0.0193. The van der Waals surface area contributed by atoms with Gasteiger partial charge in [0.25, 0.3) is 0 Å². The molecule has 1 fully saturated rings. The highest BCUT2D eigenvalue weighted by Crippen LogP contribution is 2.28. The second-order valence-corrected chi connectivity index (χ2v) is 7.66. The summed E-state index contributed by atoms with van der Waals surface area (Å²) >= 11 is 0. The number of amides is 1. The van der Waals surface area contributed by atoms with E-state index in [1.54, 1.807) is 0 Å². The number of fused-ring (bicyclic) bond motifs is 1. The Morgan fingerprint density at radius 2 is 1.75 bits per heavy atom. The fraction of sp³-hybridized carbons (Fsp3) is 0.435. The molecule has 5 nitrogen and oxygen atoms in total. The van der Waals surface area contributed by atoms with Crippen molar-refractivity contribution in [3.8, 4) is 0 Å². The van der Waals surface area contributed by atoms with E-state index >= 15 is 0 Å². The van der Waals surface area contributed by atoms with Gasteiger partial charge in [-0.1, -0.05) is 48.5 Å². The Balaban J connectivity index is 1.44. The van der Waals surface area contributed by atoms with E-state index in [0.29, 0.717) is 6.54 Å². The Kier molecular flexibility index (Phi) is 5.93. The number of carbonyl (C=O) groups excluding carboxylic acids is 1. The summed E-state index contributed by atoms with van der Waals surface area (Å²) in [6, 6.07) is 19.0. The molecule has 2 atom stereocenters. The highest BCUT2D eigenvalue weighted by molar-refractivity contribution is 5.82. The van der Waals surface area contributed by atoms with Crippen LogP contribution < -0.4 is 10.2 Å². The van der Waals surface area contributed by atoms with Crippen LogP contribution in [0.4, 0.5) is 5.69 Å². The lowest BCUT2D eigenvalue weighted by Crippen LogP contribution is -2.50. The number of anilines is 1. The van der Waals surface area contributed by atoms with Crippen LogP contribution in [0.15, 0.2) is 54.6 Å². The number of morpholine rings is 1. The number of hydrogen-bond acceptors (Lipinski definition) is 4. The van der Waals surface area contributed by atoms with Crippen LogP contribution in [0, 0.1) is 0 Å². The monoisotopic (exact) mass is 379 g/mol. The van der Waals surface area contributed by atoms with Gasteiger partial charge in [-0.2, -0.15) is 0 Å². The van der Waals surface area contributed by atoms with Crippen LogP contribution in [0.2, 0.25) is 0 Å². The maximum Gasteiger partial charge on any atom is 0.239 e. The molecular formula is C23H29N3O2. The van der Waals surface area contributed by atoms with Crippen LogP contribution in [0.1, 0.15) is 24.1 Å². The second-order valence-electron chi connectivity index (χ2n) is 7.66. The molecule has 0 aliphatic carbocycles. The molecule has 5 heteroatoms. The topological polar surface area (TPSA) is 44.8 Å². The van der Waals surface area contributed by atoms with Gasteiger partial charge in [-0.3, -0.25) is 9.69 Å². The number of nitrogens with one attached hydrogen (secondary N) is 1. The highest BCUT2D eigenvalue weighted by Gasteiger charge is 2.29. The van der Waals surface area contributed by atoms with Gasteiger partial charge in [-0.05, 0) is 30.5 Å². The minimum absolute atomic E-state index is 0.0193. The molecule has 148 valence electrons. The van der Waals surface area contributed by atoms with Gasteiger partial charge in [0, 0.05) is 31.4 Å². The van der Waals surface area contributed by atoms with Gasteiger partial charge in [0.2, 0.25) is 5.91 Å². The lowest BCUT2D eigenvalue weighted by Gasteiger charge is -2.38. The van der Waals surface area contributed by atoms with Crippen molar-refractivity contribution >= 4 is 11.6 Å². The summed E-state index contributed by atoms with van der Waals surface area (Å²) in [5.74, 6) is 0.0818. The van der Waals surface area contributed by atoms with Gasteiger partial charge in [0.1, 0.15) is 0 Å². The van der Waals surface area contributed by atoms with Crippen molar-refractivity contribution in [2.45, 2.75) is 25.4 Å². The van der Waals surface area contributed by atoms with Crippen molar-refractivity contribution < 1.29 is 9.53 Å². The predicted octanol–water partition coefficient (Wildman–Crippen LogP) is 2.63. The van der Waals surface area contributed by atoms with Crippen molar-refractivity contribution in [1.82, 2.24) is 10.2 Å². The zero-order valence-electron chi connectivity index (χ0n) is 16.5. The number of nitrogens with zero attached hydrogens (tertiary/aromatic N) is 2. The maximum atomic E-state index is 12.8. The first-order valence-corrected chi connectivity index (χ1v) is 10.2. The van der Waals surface area contributed by atoms with E-state index in [4.69, 9.17) is 4.74 Å². The Morgan fingerprint density at radius 3 is 2.54 bits per heavy atom. The number of rotatable bonds is 6. The Morgan fingerprint density at radius 1 is 1.04 bits per heavy atom. The van der Waals surface area contributed by atoms with E-state index in [9.17, 15) is 4.79 Å². The molecule has 4 rings (SSSR count). The molecule has 0 spiro atoms. The van der Waals surface area contributed by atoms with E-state index in [2.05, 4.69) is 64.5 Å². The zero-order chi connectivity index (χ0) is 19.3. The smallest absolute Gasteiger partial charge is 0.239 e. The molecule has 0 aromatic heterocycles. The number of para-hydroxylation sites is 1. The normalized spacial score (nSPS) is 19.1. The molecule has 0 radical (unpaired) electrons. The number of carbonyl (C=O) groups is 1. The average Bonchev–Trinajstić information content (AvgIpc) is 3.12. The van der Waals surface area contributed by atoms with Crippen LogP contribution in [-0.2, 0) is 16.0 Å². The summed E-state index contributed by atoms with van der Waals surface area (Å²) in [5.41, 5.74) is 3.76. The summed E-state index contributed by atoms with van der Waals surface area (Å²) in [6.07, 6.45) is 1.01. The summed E-state index contributed by atoms with van der Waals surface area (Å²) in [4.78, 5) is 17.5. The Bertz CT molecular complexity index is 789. The summed E-state index contributed by atoms with van der Waals surface area (Å²) in [6.45, 7) is 6.70. The van der Waals surface area contributed by atoms with Gasteiger partial charge < -0.3 is 15.0 Å². The van der Waals surface area contributed by atoms with Crippen molar-refractivity contribution in [2.24, 2.45) is 0 Å². The third-order valence-corrected chi connectivity index (χ3v) is 5.76. The van der Waals surface area contributed by atoms with Crippen molar-refractivity contribution in [3.63, 3.8) is 0 Å². The summed E-state index contributed by atoms with van der Waals surface area (Å²) < 4.78 is 5.53. The van der Waals surface area contributed by atoms with E-state index in [-0.39, 0.29) is 18.0 Å². The van der Waals surface area contributed by atoms with Gasteiger partial charge in [-0.25, -0.2) is 0 Å². The van der Waals surface area contributed by atoms with Gasteiger partial charge in [-0.15, -0.1) is 0 Å². The second kappa shape index (κ2) is 8.76. The predicted molar refractivity (Wildman–Crippen MR) is 112 cm³/mol. The molecule has 1 saturated heterocycles. The van der Waals surface area contributed by atoms with E-state index < -0.39 is 0 Å². The van der Waals surface area contributed by atoms with Gasteiger partial charge in [0.15, 0.2) is 0 Å². The minimum Gasteiger partial charge on any atom is -0.379 e. The Hall–Kier alpha value is -2.37. The van der Waals surface area contributed by atoms with E-state index in [1.165, 1.54) is 16.8 Å². The van der Waals surface area contributed by atoms with Crippen LogP contribution in [0.25, 0.3) is 0 Å². The lowest BCUT2D eigenvalue weighted by molar-refractivity contribution is -0.121. The lowest BCUT2D eigenvalue weighted by atomic mass is 9.98. The quantitative estimate of drug-likeness (QED) is 0.838. The zero-order valence-corrected chi connectivity index (χ0v) is 16.5. The molecule has 0 saturated carbocycles. The summed E-state index contributed by atoms with van der Waals surface area (Å²) in [7, 11) is 0. The number of benzene rings is 2. The average molecular weight is 380 g/mol. The van der Waals surface area contributed by atoms with Crippen molar-refractivity contribution in [1.29, 1.82) is 0 Å². The van der Waals surface area contributed by atoms with Crippen LogP contribution in [0.3, 0.4) is 0 Å². The maximum absolute atomic E-state index is 12.8. The summed E-state index contributed by atoms with van der Waals surface area (Å²) in [5, 5.41) is 3.27. The van der Waals surface area contributed by atoms with Gasteiger partial charge >= 0.3 is 0 Å². The highest BCUT2D eigenvalue weighted by atomic mass is 16.5. The molecule has 0 unspecified atom stereocenters.